The summed E-state index contributed by atoms with van der Waals surface area (Å²) in [7, 11) is -10.7. The van der Waals surface area contributed by atoms with Crippen molar-refractivity contribution in [2.45, 2.75) is 198 Å². The molecule has 0 heterocycles. The molecule has 0 aromatic rings. The maximum absolute atomic E-state index is 13.0. The van der Waals surface area contributed by atoms with Gasteiger partial charge >= 0.3 is 27.6 Å². The van der Waals surface area contributed by atoms with Gasteiger partial charge in [0, 0.05) is 12.8 Å². The maximum Gasteiger partial charge on any atom is 0.472 e. The zero-order valence-corrected chi connectivity index (χ0v) is 43.1. The van der Waals surface area contributed by atoms with E-state index in [-0.39, 0.29) is 12.8 Å². The normalized spacial score (nSPS) is 22.3. The number of unbranched alkanes of at least 4 members (excludes halogenated alkanes) is 10. The van der Waals surface area contributed by atoms with Gasteiger partial charge in [-0.05, 0) is 77.0 Å². The molecule has 0 saturated heterocycles. The molecule has 8 N–H and O–H groups in total. The van der Waals surface area contributed by atoms with Crippen LogP contribution in [0.3, 0.4) is 0 Å². The van der Waals surface area contributed by atoms with E-state index in [0.29, 0.717) is 25.7 Å². The second-order valence-corrected chi connectivity index (χ2v) is 19.6. The van der Waals surface area contributed by atoms with Gasteiger partial charge in [-0.3, -0.25) is 23.2 Å². The number of phosphoric ester groups is 2. The third-order valence-corrected chi connectivity index (χ3v) is 12.2. The number of hydrogen-bond donors (Lipinski definition) is 8. The molecule has 0 spiro atoms. The first-order valence-corrected chi connectivity index (χ1v) is 27.9. The standard InChI is InChI=1S/C51H84O17P2/c1-3-5-7-8-9-10-11-12-13-14-15-18-22-25-28-31-35-39-45(54)66-43(41-65-70(62,63)68-51-48(57)46(55)47(56)50(49(51)58)67-69(59,60)61)40-64-44(53)38-34-30-27-24-21-19-16-17-20-23-26-29-33-37-42(52)36-32-6-4-2/h6,9-10,12-13,17,19-21,26-27,29-30,32-33,37,42-43,46-52,55-58H,3-5,7-8,11,14-16,18,22-25,28,31,34-36,38-41H2,1-2H3,(H,62,63)(H2,59,60,61)/b10-9-,13-12-,20-17-,21-19-,29-26+,30-27-,32-6-,37-33+/t42?,43-,46?,47?,48?,49?,50-,51+/m1/s1. The van der Waals surface area contributed by atoms with Gasteiger partial charge in [-0.15, -0.1) is 0 Å². The van der Waals surface area contributed by atoms with Crippen LogP contribution in [0.25, 0.3) is 0 Å². The summed E-state index contributed by atoms with van der Waals surface area (Å²) in [6.07, 6.45) is 34.1. The van der Waals surface area contributed by atoms with Crippen LogP contribution in [0.5, 0.6) is 0 Å². The molecule has 17 nitrogen and oxygen atoms in total. The molecule has 0 bridgehead atoms. The number of rotatable bonds is 40. The lowest BCUT2D eigenvalue weighted by Crippen LogP contribution is -2.64. The van der Waals surface area contributed by atoms with Gasteiger partial charge in [0.2, 0.25) is 0 Å². The van der Waals surface area contributed by atoms with E-state index in [2.05, 4.69) is 35.8 Å². The predicted octanol–water partition coefficient (Wildman–Crippen LogP) is 8.92. The first-order chi connectivity index (χ1) is 33.5. The van der Waals surface area contributed by atoms with Crippen LogP contribution in [0.4, 0.5) is 0 Å². The van der Waals surface area contributed by atoms with Crippen molar-refractivity contribution in [3.8, 4) is 0 Å². The van der Waals surface area contributed by atoms with Gasteiger partial charge in [0.05, 0.1) is 12.7 Å². The van der Waals surface area contributed by atoms with Gasteiger partial charge in [-0.1, -0.05) is 156 Å². The highest BCUT2D eigenvalue weighted by Gasteiger charge is 2.54. The Kier molecular flexibility index (Phi) is 37.4. The van der Waals surface area contributed by atoms with Crippen LogP contribution in [0.2, 0.25) is 0 Å². The molecule has 0 aliphatic heterocycles. The van der Waals surface area contributed by atoms with Gasteiger partial charge in [0.25, 0.3) is 0 Å². The van der Waals surface area contributed by atoms with Crippen molar-refractivity contribution in [3.05, 3.63) is 97.2 Å². The predicted molar refractivity (Wildman–Crippen MR) is 270 cm³/mol. The van der Waals surface area contributed by atoms with Gasteiger partial charge in [-0.25, -0.2) is 9.13 Å². The molecule has 6 unspecified atom stereocenters. The Balaban J connectivity index is 2.64. The summed E-state index contributed by atoms with van der Waals surface area (Å²) in [5.41, 5.74) is 0. The lowest BCUT2D eigenvalue weighted by Gasteiger charge is -2.43. The first kappa shape index (κ1) is 64.9. The fraction of sp³-hybridized carbons (Fsp3) is 0.647. The largest absolute Gasteiger partial charge is 0.472 e. The summed E-state index contributed by atoms with van der Waals surface area (Å²) in [6, 6.07) is 0. The van der Waals surface area contributed by atoms with Gasteiger partial charge in [0.1, 0.15) is 43.2 Å². The van der Waals surface area contributed by atoms with Crippen molar-refractivity contribution in [2.24, 2.45) is 0 Å². The molecule has 1 aliphatic rings. The molecule has 0 amide bonds. The van der Waals surface area contributed by atoms with Gasteiger partial charge in [0.15, 0.2) is 6.10 Å². The third-order valence-electron chi connectivity index (χ3n) is 10.7. The summed E-state index contributed by atoms with van der Waals surface area (Å²) in [4.78, 5) is 54.3. The fourth-order valence-corrected chi connectivity index (χ4v) is 8.41. The maximum atomic E-state index is 13.0. The molecule has 1 aliphatic carbocycles. The summed E-state index contributed by atoms with van der Waals surface area (Å²) in [6.45, 7) is 2.80. The van der Waals surface area contributed by atoms with E-state index >= 15 is 0 Å². The van der Waals surface area contributed by atoms with Crippen molar-refractivity contribution in [1.29, 1.82) is 0 Å². The fourth-order valence-electron chi connectivity index (χ4n) is 6.87. The number of carbonyl (C=O) groups is 2. The highest BCUT2D eigenvalue weighted by atomic mass is 31.2. The Hall–Kier alpha value is -3.12. The molecular weight excluding hydrogens is 946 g/mol. The zero-order valence-electron chi connectivity index (χ0n) is 41.3. The Bertz CT molecular complexity index is 1730. The smallest absolute Gasteiger partial charge is 0.462 e. The third kappa shape index (κ3) is 34.3. The Morgan fingerprint density at radius 2 is 1.07 bits per heavy atom. The number of hydrogen-bond acceptors (Lipinski definition) is 14. The van der Waals surface area contributed by atoms with Crippen LogP contribution in [-0.4, -0.2) is 114 Å². The van der Waals surface area contributed by atoms with Crippen molar-refractivity contribution >= 4 is 27.6 Å². The minimum Gasteiger partial charge on any atom is -0.462 e. The molecule has 0 aromatic heterocycles. The van der Waals surface area contributed by atoms with Gasteiger partial charge in [-0.2, -0.15) is 0 Å². The van der Waals surface area contributed by atoms with E-state index in [9.17, 15) is 58.9 Å². The molecular formula is C51H84O17P2. The van der Waals surface area contributed by atoms with E-state index < -0.39 is 89.6 Å². The van der Waals surface area contributed by atoms with Crippen LogP contribution in [0.1, 0.15) is 149 Å². The number of allylic oxidation sites excluding steroid dienone is 14. The Morgan fingerprint density at radius 3 is 1.66 bits per heavy atom. The van der Waals surface area contributed by atoms with Crippen LogP contribution in [-0.2, 0) is 41.8 Å². The Labute approximate surface area is 416 Å². The number of aliphatic hydroxyl groups is 5. The lowest BCUT2D eigenvalue weighted by molar-refractivity contribution is -0.216. The van der Waals surface area contributed by atoms with E-state index in [1.54, 1.807) is 6.08 Å². The van der Waals surface area contributed by atoms with Crippen molar-refractivity contribution in [3.63, 3.8) is 0 Å². The molecule has 19 heteroatoms. The van der Waals surface area contributed by atoms with E-state index in [4.69, 9.17) is 18.5 Å². The van der Waals surface area contributed by atoms with Crippen molar-refractivity contribution in [1.82, 2.24) is 0 Å². The number of aliphatic hydroxyl groups excluding tert-OH is 5. The molecule has 70 heavy (non-hydrogen) atoms. The average molecular weight is 1030 g/mol. The molecule has 0 aromatic carbocycles. The summed E-state index contributed by atoms with van der Waals surface area (Å²) < 4.78 is 49.3. The molecule has 9 atom stereocenters. The monoisotopic (exact) mass is 1030 g/mol. The number of esters is 2. The Morgan fingerprint density at radius 1 is 0.543 bits per heavy atom. The van der Waals surface area contributed by atoms with E-state index in [0.717, 1.165) is 77.0 Å². The number of carbonyl (C=O) groups excluding carboxylic acids is 2. The van der Waals surface area contributed by atoms with Crippen LogP contribution in [0, 0.1) is 0 Å². The van der Waals surface area contributed by atoms with E-state index in [1.807, 2.05) is 73.8 Å². The molecule has 1 rings (SSSR count). The van der Waals surface area contributed by atoms with E-state index in [1.165, 1.54) is 19.3 Å². The highest BCUT2D eigenvalue weighted by Crippen LogP contribution is 2.49. The lowest BCUT2D eigenvalue weighted by atomic mass is 9.85. The molecule has 1 fully saturated rings. The topological polar surface area (TPSA) is 276 Å². The molecule has 1 saturated carbocycles. The number of phosphoric acid groups is 2. The highest BCUT2D eigenvalue weighted by molar-refractivity contribution is 7.47. The second-order valence-electron chi connectivity index (χ2n) is 17.0. The second kappa shape index (κ2) is 40.4. The van der Waals surface area contributed by atoms with Crippen molar-refractivity contribution in [2.75, 3.05) is 13.2 Å². The minimum absolute atomic E-state index is 0.00610. The van der Waals surface area contributed by atoms with Crippen LogP contribution >= 0.6 is 15.6 Å². The average Bonchev–Trinajstić information content (AvgIpc) is 3.31. The first-order valence-electron chi connectivity index (χ1n) is 24.9. The minimum atomic E-state index is -5.38. The van der Waals surface area contributed by atoms with Crippen LogP contribution in [0.15, 0.2) is 97.2 Å². The molecule has 0 radical (unpaired) electrons. The molecule has 400 valence electrons. The SMILES string of the molecule is CC/C=C\CC(O)/C=C/C=C/C/C=C\C/C=C\C/C=C\CCC(=O)OC[C@H](COP(=O)(O)O[C@H]1C(O)C(O)C(O)[C@@H](OP(=O)(O)O)C1O)OC(=O)CCCCCCCCC/C=C\C/C=C\CCCCC. The summed E-state index contributed by atoms with van der Waals surface area (Å²) >= 11 is 0. The zero-order chi connectivity index (χ0) is 51.9. The van der Waals surface area contributed by atoms with Crippen LogP contribution < -0.4 is 0 Å². The quantitative estimate of drug-likeness (QED) is 0.00935. The van der Waals surface area contributed by atoms with Crippen molar-refractivity contribution < 1.29 is 82.0 Å². The number of ether oxygens (including phenoxy) is 2. The summed E-state index contributed by atoms with van der Waals surface area (Å²) in [5.74, 6) is -1.34. The van der Waals surface area contributed by atoms with Gasteiger partial charge < -0.3 is 49.7 Å². The summed E-state index contributed by atoms with van der Waals surface area (Å²) in [5, 5.41) is 51.1.